The Morgan fingerprint density at radius 2 is 1.71 bits per heavy atom. The van der Waals surface area contributed by atoms with Gasteiger partial charge < -0.3 is 4.98 Å². The summed E-state index contributed by atoms with van der Waals surface area (Å²) in [6.45, 7) is 1.98. The van der Waals surface area contributed by atoms with E-state index in [1.54, 1.807) is 12.1 Å². The lowest BCUT2D eigenvalue weighted by atomic mass is 9.97. The van der Waals surface area contributed by atoms with Gasteiger partial charge in [0.25, 0.3) is 0 Å². The third-order valence-electron chi connectivity index (χ3n) is 4.02. The average Bonchev–Trinajstić information content (AvgIpc) is 2.93. The van der Waals surface area contributed by atoms with E-state index in [2.05, 4.69) is 9.71 Å². The van der Waals surface area contributed by atoms with E-state index in [1.807, 2.05) is 43.3 Å². The summed E-state index contributed by atoms with van der Waals surface area (Å²) in [5.41, 5.74) is 3.82. The van der Waals surface area contributed by atoms with Gasteiger partial charge in [0.1, 0.15) is 0 Å². The highest BCUT2D eigenvalue weighted by Crippen LogP contribution is 2.39. The lowest BCUT2D eigenvalue weighted by molar-refractivity contribution is 0.585. The van der Waals surface area contributed by atoms with Crippen LogP contribution in [0.5, 0.6) is 0 Å². The minimum absolute atomic E-state index is 0.331. The van der Waals surface area contributed by atoms with Crippen molar-refractivity contribution in [3.8, 4) is 0 Å². The molecule has 3 aromatic rings. The molecule has 0 spiro atoms. The van der Waals surface area contributed by atoms with Crippen LogP contribution in [0.1, 0.15) is 22.9 Å². The van der Waals surface area contributed by atoms with E-state index >= 15 is 0 Å². The number of fused-ring (bicyclic) bond motifs is 2. The quantitative estimate of drug-likeness (QED) is 0.725. The molecule has 1 unspecified atom stereocenters. The predicted molar refractivity (Wildman–Crippen MR) is 81.6 cm³/mol. The van der Waals surface area contributed by atoms with E-state index in [-0.39, 0.29) is 6.04 Å². The zero-order chi connectivity index (χ0) is 14.6. The lowest BCUT2D eigenvalue weighted by Gasteiger charge is -2.11. The third-order valence-corrected chi connectivity index (χ3v) is 5.52. The average molecular weight is 298 g/mol. The van der Waals surface area contributed by atoms with Crippen molar-refractivity contribution in [2.45, 2.75) is 17.9 Å². The molecule has 5 heteroatoms. The van der Waals surface area contributed by atoms with Crippen molar-refractivity contribution in [1.82, 2.24) is 9.71 Å². The van der Waals surface area contributed by atoms with Crippen LogP contribution in [0.2, 0.25) is 0 Å². The van der Waals surface area contributed by atoms with Gasteiger partial charge in [-0.15, -0.1) is 0 Å². The van der Waals surface area contributed by atoms with E-state index in [4.69, 9.17) is 0 Å². The number of nitrogens with one attached hydrogen (secondary N) is 2. The molecule has 0 radical (unpaired) electrons. The van der Waals surface area contributed by atoms with Crippen molar-refractivity contribution in [1.29, 1.82) is 0 Å². The maximum Gasteiger partial charge on any atom is 0.241 e. The second-order valence-corrected chi connectivity index (χ2v) is 6.98. The summed E-state index contributed by atoms with van der Waals surface area (Å²) < 4.78 is 27.4. The summed E-state index contributed by atoms with van der Waals surface area (Å²) in [5.74, 6) is 0. The topological polar surface area (TPSA) is 62.0 Å². The normalized spacial score (nSPS) is 19.8. The number of rotatable bonds is 1. The minimum atomic E-state index is -3.43. The number of aryl methyl sites for hydroxylation is 1. The fourth-order valence-corrected chi connectivity index (χ4v) is 4.57. The number of aromatic amines is 1. The molecule has 1 aliphatic heterocycles. The van der Waals surface area contributed by atoms with Crippen LogP contribution in [0.4, 0.5) is 0 Å². The summed E-state index contributed by atoms with van der Waals surface area (Å²) >= 11 is 0. The van der Waals surface area contributed by atoms with Crippen LogP contribution in [0.25, 0.3) is 10.9 Å². The molecule has 2 N–H and O–H groups in total. The summed E-state index contributed by atoms with van der Waals surface area (Å²) in [6, 6.07) is 14.8. The first-order chi connectivity index (χ1) is 10.1. The van der Waals surface area contributed by atoms with Gasteiger partial charge in [-0.3, -0.25) is 0 Å². The predicted octanol–water partition coefficient (Wildman–Crippen LogP) is 2.86. The number of sulfonamides is 1. The Labute approximate surface area is 122 Å². The first-order valence-corrected chi connectivity index (χ1v) is 8.25. The number of aromatic nitrogens is 1. The van der Waals surface area contributed by atoms with Crippen molar-refractivity contribution in [3.05, 3.63) is 65.4 Å². The molecule has 0 bridgehead atoms. The van der Waals surface area contributed by atoms with Gasteiger partial charge in [-0.25, -0.2) is 8.42 Å². The maximum atomic E-state index is 12.3. The summed E-state index contributed by atoms with van der Waals surface area (Å²) in [5, 5.41) is 1.06. The van der Waals surface area contributed by atoms with Crippen LogP contribution in [0.15, 0.2) is 53.4 Å². The van der Waals surface area contributed by atoms with Crippen LogP contribution in [-0.4, -0.2) is 13.4 Å². The van der Waals surface area contributed by atoms with Gasteiger partial charge in [-0.05, 0) is 24.6 Å². The Bertz CT molecular complexity index is 957. The van der Waals surface area contributed by atoms with Crippen molar-refractivity contribution >= 4 is 20.9 Å². The zero-order valence-electron chi connectivity index (χ0n) is 11.4. The van der Waals surface area contributed by atoms with Gasteiger partial charge in [0.05, 0.1) is 10.9 Å². The molecule has 2 aromatic carbocycles. The fraction of sp³-hybridized carbons (Fsp3) is 0.125. The highest BCUT2D eigenvalue weighted by Gasteiger charge is 2.36. The number of hydrogen-bond acceptors (Lipinski definition) is 2. The molecule has 0 aliphatic carbocycles. The highest BCUT2D eigenvalue weighted by molar-refractivity contribution is 7.89. The third kappa shape index (κ3) is 1.74. The molecule has 0 fully saturated rings. The molecule has 1 atom stereocenters. The van der Waals surface area contributed by atoms with E-state index in [9.17, 15) is 8.42 Å². The summed E-state index contributed by atoms with van der Waals surface area (Å²) in [4.78, 5) is 3.70. The smallest absolute Gasteiger partial charge is 0.241 e. The molecule has 21 heavy (non-hydrogen) atoms. The Kier molecular flexibility index (Phi) is 2.52. The largest absolute Gasteiger partial charge is 0.358 e. The monoisotopic (exact) mass is 298 g/mol. The van der Waals surface area contributed by atoms with E-state index in [0.29, 0.717) is 4.90 Å². The van der Waals surface area contributed by atoms with Gasteiger partial charge in [-0.1, -0.05) is 36.4 Å². The van der Waals surface area contributed by atoms with Gasteiger partial charge in [0.2, 0.25) is 10.0 Å². The van der Waals surface area contributed by atoms with Crippen LogP contribution < -0.4 is 4.72 Å². The molecular weight excluding hydrogens is 284 g/mol. The Morgan fingerprint density at radius 1 is 1.00 bits per heavy atom. The molecule has 0 amide bonds. The van der Waals surface area contributed by atoms with E-state index in [1.165, 1.54) is 0 Å². The Balaban J connectivity index is 2.01. The number of benzene rings is 2. The zero-order valence-corrected chi connectivity index (χ0v) is 12.2. The SMILES string of the molecule is Cc1[nH]c2ccccc2c1C1NS(=O)(=O)c2ccccc21. The maximum absolute atomic E-state index is 12.3. The van der Waals surface area contributed by atoms with Crippen molar-refractivity contribution in [2.24, 2.45) is 0 Å². The molecule has 0 saturated heterocycles. The lowest BCUT2D eigenvalue weighted by Crippen LogP contribution is -2.20. The standard InChI is InChI=1S/C16H14N2O2S/c1-10-15(11-6-2-4-8-13(11)17-10)16-12-7-3-5-9-14(12)21(19,20)18-16/h2-9,16-18H,1H3. The van der Waals surface area contributed by atoms with Crippen molar-refractivity contribution < 1.29 is 8.42 Å². The fourth-order valence-electron chi connectivity index (χ4n) is 3.13. The minimum Gasteiger partial charge on any atom is -0.358 e. The molecular formula is C16H14N2O2S. The van der Waals surface area contributed by atoms with Crippen LogP contribution in [-0.2, 0) is 10.0 Å². The molecule has 0 saturated carbocycles. The molecule has 4 rings (SSSR count). The number of H-pyrrole nitrogens is 1. The van der Waals surface area contributed by atoms with Crippen molar-refractivity contribution in [2.75, 3.05) is 0 Å². The first kappa shape index (κ1) is 12.6. The molecule has 1 aromatic heterocycles. The van der Waals surface area contributed by atoms with E-state index in [0.717, 1.165) is 27.7 Å². The Hall–Kier alpha value is -2.11. The van der Waals surface area contributed by atoms with Gasteiger partial charge >= 0.3 is 0 Å². The first-order valence-electron chi connectivity index (χ1n) is 6.76. The second kappa shape index (κ2) is 4.19. The van der Waals surface area contributed by atoms with Crippen LogP contribution in [0.3, 0.4) is 0 Å². The summed E-state index contributed by atoms with van der Waals surface area (Å²) in [7, 11) is -3.43. The van der Waals surface area contributed by atoms with Crippen molar-refractivity contribution in [3.63, 3.8) is 0 Å². The van der Waals surface area contributed by atoms with Crippen LogP contribution >= 0.6 is 0 Å². The second-order valence-electron chi connectivity index (χ2n) is 5.30. The Morgan fingerprint density at radius 3 is 2.57 bits per heavy atom. The van der Waals surface area contributed by atoms with Gasteiger partial charge in [0.15, 0.2) is 0 Å². The molecule has 106 valence electrons. The number of para-hydroxylation sites is 1. The van der Waals surface area contributed by atoms with Crippen LogP contribution in [0, 0.1) is 6.92 Å². The van der Waals surface area contributed by atoms with E-state index < -0.39 is 10.0 Å². The molecule has 2 heterocycles. The summed E-state index contributed by atoms with van der Waals surface area (Å²) in [6.07, 6.45) is 0. The molecule has 1 aliphatic rings. The van der Waals surface area contributed by atoms with Gasteiger partial charge in [-0.2, -0.15) is 4.72 Å². The highest BCUT2D eigenvalue weighted by atomic mass is 32.2. The number of hydrogen-bond donors (Lipinski definition) is 2. The molecule has 4 nitrogen and oxygen atoms in total. The van der Waals surface area contributed by atoms with Gasteiger partial charge in [0, 0.05) is 22.2 Å².